The second-order valence-electron chi connectivity index (χ2n) is 12.6. The molecule has 0 saturated heterocycles. The van der Waals surface area contributed by atoms with Gasteiger partial charge in [0.25, 0.3) is 0 Å². The second-order valence-corrected chi connectivity index (χ2v) is 12.6. The van der Waals surface area contributed by atoms with Crippen LogP contribution in [0.2, 0.25) is 0 Å². The number of carbonyl (C=O) groups is 2. The van der Waals surface area contributed by atoms with Gasteiger partial charge in [0.1, 0.15) is 6.04 Å². The Balaban J connectivity index is 3.56. The first-order chi connectivity index (χ1) is 20.7. The zero-order valence-electron chi connectivity index (χ0n) is 28.3. The number of unbranched alkanes of at least 4 members (excludes halogenated alkanes) is 24. The lowest BCUT2D eigenvalue weighted by Crippen LogP contribution is -2.50. The molecule has 0 aliphatic carbocycles. The van der Waals surface area contributed by atoms with Crippen molar-refractivity contribution in [3.8, 4) is 0 Å². The molecule has 42 heavy (non-hydrogen) atoms. The van der Waals surface area contributed by atoms with E-state index in [0.717, 1.165) is 25.7 Å². The van der Waals surface area contributed by atoms with Gasteiger partial charge >= 0.3 is 0 Å². The van der Waals surface area contributed by atoms with Crippen molar-refractivity contribution in [2.45, 2.75) is 200 Å². The van der Waals surface area contributed by atoms with Gasteiger partial charge in [-0.15, -0.1) is 0 Å². The predicted molar refractivity (Wildman–Crippen MR) is 184 cm³/mol. The van der Waals surface area contributed by atoms with E-state index in [1.807, 2.05) is 0 Å². The van der Waals surface area contributed by atoms with Gasteiger partial charge in [0, 0.05) is 19.5 Å². The third kappa shape index (κ3) is 30.1. The maximum atomic E-state index is 12.4. The Morgan fingerprint density at radius 2 is 0.929 bits per heavy atom. The van der Waals surface area contributed by atoms with Crippen LogP contribution in [0.4, 0.5) is 0 Å². The van der Waals surface area contributed by atoms with Crippen LogP contribution in [0.15, 0.2) is 12.2 Å². The summed E-state index contributed by atoms with van der Waals surface area (Å²) in [5, 5.41) is 5.80. The highest BCUT2D eigenvalue weighted by molar-refractivity contribution is 5.87. The van der Waals surface area contributed by atoms with E-state index in [9.17, 15) is 9.59 Å². The summed E-state index contributed by atoms with van der Waals surface area (Å²) >= 11 is 0. The van der Waals surface area contributed by atoms with Crippen LogP contribution in [0, 0.1) is 0 Å². The molecule has 1 atom stereocenters. The molecule has 0 heterocycles. The zero-order chi connectivity index (χ0) is 30.8. The molecule has 0 radical (unpaired) electrons. The predicted octanol–water partition coefficient (Wildman–Crippen LogP) is 10.1. The van der Waals surface area contributed by atoms with Gasteiger partial charge in [0.05, 0.1) is 0 Å². The number of nitrogens with two attached hydrogens (primary N) is 1. The van der Waals surface area contributed by atoms with Gasteiger partial charge in [-0.25, -0.2) is 0 Å². The van der Waals surface area contributed by atoms with Crippen molar-refractivity contribution in [1.29, 1.82) is 0 Å². The summed E-state index contributed by atoms with van der Waals surface area (Å²) in [6, 6.07) is -0.618. The molecule has 0 rings (SSSR count). The van der Waals surface area contributed by atoms with Crippen molar-refractivity contribution in [2.24, 2.45) is 5.73 Å². The topological polar surface area (TPSA) is 84.2 Å². The summed E-state index contributed by atoms with van der Waals surface area (Å²) in [4.78, 5) is 24.8. The first-order valence-corrected chi connectivity index (χ1v) is 18.6. The first-order valence-electron chi connectivity index (χ1n) is 18.6. The summed E-state index contributed by atoms with van der Waals surface area (Å²) in [6.45, 7) is 5.35. The lowest BCUT2D eigenvalue weighted by molar-refractivity contribution is -0.128. The minimum Gasteiger partial charge on any atom is -0.354 e. The normalized spacial score (nSPS) is 12.2. The zero-order valence-corrected chi connectivity index (χ0v) is 28.3. The molecule has 0 saturated carbocycles. The van der Waals surface area contributed by atoms with E-state index < -0.39 is 6.04 Å². The van der Waals surface area contributed by atoms with Crippen LogP contribution in [0.5, 0.6) is 0 Å². The molecule has 4 N–H and O–H groups in total. The maximum Gasteiger partial charge on any atom is 0.243 e. The van der Waals surface area contributed by atoms with Gasteiger partial charge in [-0.1, -0.05) is 161 Å². The molecule has 2 amide bonds. The van der Waals surface area contributed by atoms with Crippen LogP contribution in [-0.4, -0.2) is 30.9 Å². The van der Waals surface area contributed by atoms with Crippen molar-refractivity contribution < 1.29 is 9.59 Å². The number of amides is 2. The lowest BCUT2D eigenvalue weighted by Gasteiger charge is -2.16. The fourth-order valence-corrected chi connectivity index (χ4v) is 5.51. The van der Waals surface area contributed by atoms with Crippen LogP contribution in [-0.2, 0) is 9.59 Å². The molecule has 5 heteroatoms. The molecule has 0 aliphatic heterocycles. The average molecular weight is 592 g/mol. The van der Waals surface area contributed by atoms with Crippen LogP contribution in [0.25, 0.3) is 0 Å². The second kappa shape index (κ2) is 34.1. The smallest absolute Gasteiger partial charge is 0.243 e. The van der Waals surface area contributed by atoms with Crippen molar-refractivity contribution in [2.75, 3.05) is 13.1 Å². The maximum absolute atomic E-state index is 12.4. The van der Waals surface area contributed by atoms with E-state index >= 15 is 0 Å². The number of allylic oxidation sites excluding steroid dienone is 2. The lowest BCUT2D eigenvalue weighted by atomic mass is 10.0. The Kier molecular flexibility index (Phi) is 33.0. The molecule has 0 bridgehead atoms. The number of carbonyl (C=O) groups excluding carboxylic acids is 2. The number of hydrogen-bond donors (Lipinski definition) is 3. The monoisotopic (exact) mass is 592 g/mol. The Morgan fingerprint density at radius 3 is 1.36 bits per heavy atom. The van der Waals surface area contributed by atoms with Gasteiger partial charge in [0.2, 0.25) is 11.8 Å². The van der Waals surface area contributed by atoms with Crippen LogP contribution < -0.4 is 16.4 Å². The van der Waals surface area contributed by atoms with Crippen molar-refractivity contribution in [3.63, 3.8) is 0 Å². The van der Waals surface area contributed by atoms with Crippen molar-refractivity contribution in [1.82, 2.24) is 10.6 Å². The molecular weight excluding hydrogens is 518 g/mol. The molecule has 0 fully saturated rings. The molecule has 0 aromatic heterocycles. The number of nitrogens with one attached hydrogen (secondary N) is 2. The van der Waals surface area contributed by atoms with Crippen LogP contribution in [0.1, 0.15) is 194 Å². The van der Waals surface area contributed by atoms with Gasteiger partial charge in [-0.3, -0.25) is 9.59 Å². The Morgan fingerprint density at radius 1 is 0.548 bits per heavy atom. The molecule has 0 spiro atoms. The van der Waals surface area contributed by atoms with E-state index in [2.05, 4.69) is 36.6 Å². The molecule has 0 aromatic carbocycles. The largest absolute Gasteiger partial charge is 0.354 e. The minimum atomic E-state index is -0.618. The molecule has 248 valence electrons. The highest BCUT2D eigenvalue weighted by atomic mass is 16.2. The Labute approximate surface area is 262 Å². The molecule has 1 unspecified atom stereocenters. The highest BCUT2D eigenvalue weighted by Gasteiger charge is 2.18. The number of hydrogen-bond acceptors (Lipinski definition) is 3. The van der Waals surface area contributed by atoms with E-state index in [1.54, 1.807) is 0 Å². The number of rotatable bonds is 33. The Hall–Kier alpha value is -1.36. The third-order valence-corrected chi connectivity index (χ3v) is 8.38. The summed E-state index contributed by atoms with van der Waals surface area (Å²) < 4.78 is 0. The third-order valence-electron chi connectivity index (χ3n) is 8.38. The first kappa shape index (κ1) is 40.6. The highest BCUT2D eigenvalue weighted by Crippen LogP contribution is 2.13. The van der Waals surface area contributed by atoms with Crippen molar-refractivity contribution >= 4 is 11.8 Å². The standard InChI is InChI=1S/C37H73N3O2/c1-3-5-7-9-11-13-15-17-19-20-22-24-26-28-30-32-36(41)40-35(34-38)37(42)39-33-31-29-27-25-23-21-18-16-14-12-10-8-6-4-2/h17,19,35H,3-16,18,20-34,38H2,1-2H3,(H,39,42)(H,40,41). The fraction of sp³-hybridized carbons (Fsp3) is 0.892. The quantitative estimate of drug-likeness (QED) is 0.0524. The van der Waals surface area contributed by atoms with Crippen LogP contribution in [0.3, 0.4) is 0 Å². The van der Waals surface area contributed by atoms with E-state index in [0.29, 0.717) is 13.0 Å². The van der Waals surface area contributed by atoms with E-state index in [1.165, 1.54) is 148 Å². The minimum absolute atomic E-state index is 0.0604. The molecule has 0 aromatic rings. The molecule has 0 aliphatic rings. The fourth-order valence-electron chi connectivity index (χ4n) is 5.51. The molecular formula is C37H73N3O2. The van der Waals surface area contributed by atoms with Gasteiger partial charge in [-0.05, 0) is 38.5 Å². The van der Waals surface area contributed by atoms with E-state index in [-0.39, 0.29) is 18.4 Å². The summed E-state index contributed by atoms with van der Waals surface area (Å²) in [7, 11) is 0. The summed E-state index contributed by atoms with van der Waals surface area (Å²) in [5.41, 5.74) is 5.78. The molecule has 5 nitrogen and oxygen atoms in total. The van der Waals surface area contributed by atoms with Gasteiger partial charge in [0.15, 0.2) is 0 Å². The summed E-state index contributed by atoms with van der Waals surface area (Å²) in [5.74, 6) is -0.209. The van der Waals surface area contributed by atoms with Crippen molar-refractivity contribution in [3.05, 3.63) is 12.2 Å². The van der Waals surface area contributed by atoms with Gasteiger partial charge in [-0.2, -0.15) is 0 Å². The summed E-state index contributed by atoms with van der Waals surface area (Å²) in [6.07, 6.45) is 39.8. The average Bonchev–Trinajstić information content (AvgIpc) is 2.99. The SMILES string of the molecule is CCCCCCCCC=CCCCCCCCC(=O)NC(CN)C(=O)NCCCCCCCCCCCCCCCC. The van der Waals surface area contributed by atoms with Crippen LogP contribution >= 0.6 is 0 Å². The van der Waals surface area contributed by atoms with Gasteiger partial charge < -0.3 is 16.4 Å². The Bertz CT molecular complexity index is 608. The van der Waals surface area contributed by atoms with E-state index in [4.69, 9.17) is 5.73 Å².